The number of hydrogen-bond donors (Lipinski definition) is 1. The fourth-order valence-electron chi connectivity index (χ4n) is 3.93. The van der Waals surface area contributed by atoms with Gasteiger partial charge in [-0.25, -0.2) is 4.98 Å². The van der Waals surface area contributed by atoms with Crippen molar-refractivity contribution >= 4 is 35.2 Å². The van der Waals surface area contributed by atoms with Crippen molar-refractivity contribution in [3.63, 3.8) is 0 Å². The summed E-state index contributed by atoms with van der Waals surface area (Å²) in [7, 11) is 0. The van der Waals surface area contributed by atoms with Gasteiger partial charge in [-0.05, 0) is 53.8 Å². The normalized spacial score (nSPS) is 15.2. The summed E-state index contributed by atoms with van der Waals surface area (Å²) in [5, 5.41) is 2.75. The number of pyridine rings is 1. The third-order valence-corrected chi connectivity index (χ3v) is 5.63. The van der Waals surface area contributed by atoms with Crippen LogP contribution in [0.15, 0.2) is 54.7 Å². The lowest BCUT2D eigenvalue weighted by molar-refractivity contribution is -0.143. The van der Waals surface area contributed by atoms with Crippen molar-refractivity contribution in [2.24, 2.45) is 5.92 Å². The van der Waals surface area contributed by atoms with E-state index in [4.69, 9.17) is 11.6 Å². The van der Waals surface area contributed by atoms with Crippen LogP contribution >= 0.6 is 11.6 Å². The molecule has 1 unspecified atom stereocenters. The van der Waals surface area contributed by atoms with E-state index in [2.05, 4.69) is 10.3 Å². The summed E-state index contributed by atoms with van der Waals surface area (Å²) in [6.07, 6.45) is 0.126. The van der Waals surface area contributed by atoms with Crippen LogP contribution in [-0.4, -0.2) is 21.2 Å². The Morgan fingerprint density at radius 3 is 2.55 bits per heavy atom. The SMILES string of the molecule is CC1C=Cc2c(c(C(=O)C(=O)Nc3ccccn3)c(C(F)(F)F)n2Cc2ccc(Cl)cc2)C1. The number of benzene rings is 1. The number of carbonyl (C=O) groups excluding carboxylic acids is 2. The van der Waals surface area contributed by atoms with Crippen LogP contribution in [0, 0.1) is 5.92 Å². The van der Waals surface area contributed by atoms with Gasteiger partial charge >= 0.3 is 6.18 Å². The quantitative estimate of drug-likeness (QED) is 0.386. The van der Waals surface area contributed by atoms with Gasteiger partial charge in [0.15, 0.2) is 0 Å². The third kappa shape index (κ3) is 4.71. The van der Waals surface area contributed by atoms with Crippen LogP contribution in [0.1, 0.15) is 39.8 Å². The molecule has 0 saturated heterocycles. The van der Waals surface area contributed by atoms with Gasteiger partial charge in [0, 0.05) is 23.5 Å². The molecule has 2 aromatic heterocycles. The van der Waals surface area contributed by atoms with Gasteiger partial charge in [0.2, 0.25) is 0 Å². The monoisotopic (exact) mass is 473 g/mol. The highest BCUT2D eigenvalue weighted by atomic mass is 35.5. The number of nitrogens with one attached hydrogen (secondary N) is 1. The van der Waals surface area contributed by atoms with Crippen molar-refractivity contribution in [1.29, 1.82) is 0 Å². The fourth-order valence-corrected chi connectivity index (χ4v) is 4.06. The van der Waals surface area contributed by atoms with Crippen LogP contribution in [0.25, 0.3) is 6.08 Å². The minimum atomic E-state index is -4.86. The molecular weight excluding hydrogens is 455 g/mol. The van der Waals surface area contributed by atoms with Gasteiger partial charge in [-0.1, -0.05) is 42.8 Å². The number of anilines is 1. The maximum absolute atomic E-state index is 14.3. The van der Waals surface area contributed by atoms with Crippen molar-refractivity contribution < 1.29 is 22.8 Å². The molecule has 1 aliphatic carbocycles. The Balaban J connectivity index is 1.84. The summed E-state index contributed by atoms with van der Waals surface area (Å²) in [5.74, 6) is -2.43. The van der Waals surface area contributed by atoms with E-state index in [0.717, 1.165) is 4.57 Å². The van der Waals surface area contributed by atoms with Crippen LogP contribution in [0.5, 0.6) is 0 Å². The van der Waals surface area contributed by atoms with E-state index in [9.17, 15) is 22.8 Å². The van der Waals surface area contributed by atoms with Crippen molar-refractivity contribution in [2.75, 3.05) is 5.32 Å². The highest BCUT2D eigenvalue weighted by Gasteiger charge is 2.44. The molecule has 2 heterocycles. The van der Waals surface area contributed by atoms with Gasteiger partial charge in [0.25, 0.3) is 11.7 Å². The zero-order valence-electron chi connectivity index (χ0n) is 17.5. The molecule has 170 valence electrons. The van der Waals surface area contributed by atoms with Gasteiger partial charge in [-0.2, -0.15) is 13.2 Å². The Labute approximate surface area is 192 Å². The first-order valence-electron chi connectivity index (χ1n) is 10.2. The number of Topliss-reactive ketones (excluding diaryl/α,β-unsaturated/α-hetero) is 1. The van der Waals surface area contributed by atoms with E-state index in [1.54, 1.807) is 48.6 Å². The van der Waals surface area contributed by atoms with E-state index in [-0.39, 0.29) is 36.0 Å². The first-order valence-corrected chi connectivity index (χ1v) is 10.5. The van der Waals surface area contributed by atoms with Crippen molar-refractivity contribution in [2.45, 2.75) is 26.1 Å². The number of amides is 1. The Morgan fingerprint density at radius 2 is 1.91 bits per heavy atom. The lowest BCUT2D eigenvalue weighted by Gasteiger charge is -2.17. The van der Waals surface area contributed by atoms with E-state index in [1.165, 1.54) is 12.3 Å². The minimum absolute atomic E-state index is 0.0761. The number of ketones is 1. The molecule has 1 N–H and O–H groups in total. The van der Waals surface area contributed by atoms with Gasteiger partial charge in [-0.3, -0.25) is 9.59 Å². The molecule has 0 fully saturated rings. The molecule has 4 rings (SSSR count). The maximum atomic E-state index is 14.3. The molecule has 0 saturated carbocycles. The highest BCUT2D eigenvalue weighted by Crippen LogP contribution is 2.40. The molecule has 0 bridgehead atoms. The number of alkyl halides is 3. The van der Waals surface area contributed by atoms with Gasteiger partial charge < -0.3 is 9.88 Å². The summed E-state index contributed by atoms with van der Waals surface area (Å²) in [4.78, 5) is 29.7. The number of hydrogen-bond acceptors (Lipinski definition) is 3. The van der Waals surface area contributed by atoms with E-state index in [0.29, 0.717) is 10.6 Å². The van der Waals surface area contributed by atoms with Crippen LogP contribution in [-0.2, 0) is 23.9 Å². The number of allylic oxidation sites excluding steroid dienone is 1. The lowest BCUT2D eigenvalue weighted by Crippen LogP contribution is -2.27. The number of fused-ring (bicyclic) bond motifs is 1. The molecule has 3 aromatic rings. The Hall–Kier alpha value is -3.39. The average molecular weight is 474 g/mol. The summed E-state index contributed by atoms with van der Waals surface area (Å²) in [6.45, 7) is 1.70. The number of halogens is 4. The second-order valence-electron chi connectivity index (χ2n) is 7.84. The molecule has 5 nitrogen and oxygen atoms in total. The number of aromatic nitrogens is 2. The Kier molecular flexibility index (Phi) is 6.12. The Bertz CT molecular complexity index is 1230. The second kappa shape index (κ2) is 8.86. The molecular formula is C24H19ClF3N3O2. The zero-order valence-corrected chi connectivity index (χ0v) is 18.2. The molecule has 1 amide bonds. The molecule has 1 atom stereocenters. The molecule has 0 aliphatic heterocycles. The lowest BCUT2D eigenvalue weighted by atomic mass is 9.90. The Morgan fingerprint density at radius 1 is 1.18 bits per heavy atom. The number of nitrogens with zero attached hydrogens (tertiary/aromatic N) is 2. The second-order valence-corrected chi connectivity index (χ2v) is 8.27. The van der Waals surface area contributed by atoms with E-state index in [1.807, 2.05) is 6.92 Å². The molecule has 9 heteroatoms. The molecule has 1 aromatic carbocycles. The topological polar surface area (TPSA) is 64.0 Å². The predicted molar refractivity (Wildman–Crippen MR) is 119 cm³/mol. The molecule has 0 spiro atoms. The zero-order chi connectivity index (χ0) is 23.8. The van der Waals surface area contributed by atoms with Gasteiger partial charge in [0.1, 0.15) is 11.5 Å². The highest BCUT2D eigenvalue weighted by molar-refractivity contribution is 6.47. The van der Waals surface area contributed by atoms with E-state index >= 15 is 0 Å². The van der Waals surface area contributed by atoms with Crippen molar-refractivity contribution in [1.82, 2.24) is 9.55 Å². The van der Waals surface area contributed by atoms with Gasteiger partial charge in [-0.15, -0.1) is 0 Å². The largest absolute Gasteiger partial charge is 0.432 e. The van der Waals surface area contributed by atoms with Crippen LogP contribution in [0.2, 0.25) is 5.02 Å². The fraction of sp³-hybridized carbons (Fsp3) is 0.208. The third-order valence-electron chi connectivity index (χ3n) is 5.38. The number of carbonyl (C=O) groups is 2. The summed E-state index contributed by atoms with van der Waals surface area (Å²) in [5.41, 5.74) is -0.693. The van der Waals surface area contributed by atoms with E-state index < -0.39 is 29.1 Å². The molecule has 0 radical (unpaired) electrons. The smallest absolute Gasteiger partial charge is 0.332 e. The van der Waals surface area contributed by atoms with Gasteiger partial charge in [0.05, 0.1) is 5.56 Å². The molecule has 1 aliphatic rings. The maximum Gasteiger partial charge on any atom is 0.432 e. The number of rotatable bonds is 5. The van der Waals surface area contributed by atoms with Crippen LogP contribution < -0.4 is 5.32 Å². The summed E-state index contributed by atoms with van der Waals surface area (Å²) < 4.78 is 44.1. The molecule has 33 heavy (non-hydrogen) atoms. The van der Waals surface area contributed by atoms with Crippen LogP contribution in [0.4, 0.5) is 19.0 Å². The first kappa shape index (κ1) is 22.8. The first-order chi connectivity index (χ1) is 15.6. The predicted octanol–water partition coefficient (Wildman–Crippen LogP) is 5.63. The summed E-state index contributed by atoms with van der Waals surface area (Å²) >= 11 is 5.90. The minimum Gasteiger partial charge on any atom is -0.332 e. The standard InChI is InChI=1S/C24H19ClF3N3O2/c1-14-5-10-18-17(12-14)20(21(32)23(33)30-19-4-2-3-11-29-19)22(24(26,27)28)31(18)13-15-6-8-16(25)9-7-15/h2-11,14H,12-13H2,1H3,(H,29,30,33). The van der Waals surface area contributed by atoms with Crippen molar-refractivity contribution in [3.05, 3.63) is 87.8 Å². The summed E-state index contributed by atoms with van der Waals surface area (Å²) in [6, 6.07) is 11.1. The average Bonchev–Trinajstić information content (AvgIpc) is 3.09. The van der Waals surface area contributed by atoms with Crippen molar-refractivity contribution in [3.8, 4) is 0 Å². The van der Waals surface area contributed by atoms with Crippen LogP contribution in [0.3, 0.4) is 0 Å².